The predicted octanol–water partition coefficient (Wildman–Crippen LogP) is 9.32. The van der Waals surface area contributed by atoms with Gasteiger partial charge in [0.2, 0.25) is 0 Å². The second-order valence-electron chi connectivity index (χ2n) is 9.54. The first-order valence-electron chi connectivity index (χ1n) is 13.9. The molecule has 0 aromatic rings. The fraction of sp³-hybridized carbons (Fsp3) is 0.964. The molecule has 0 aromatic heterocycles. The zero-order valence-electron chi connectivity index (χ0n) is 20.7. The molecule has 0 radical (unpaired) electrons. The highest BCUT2D eigenvalue weighted by atomic mass is 16.2. The number of rotatable bonds is 26. The van der Waals surface area contributed by atoms with Gasteiger partial charge in [-0.2, -0.15) is 0 Å². The predicted molar refractivity (Wildman–Crippen MR) is 133 cm³/mol. The molecule has 0 atom stereocenters. The molecule has 0 fully saturated rings. The van der Waals surface area contributed by atoms with E-state index in [0.717, 1.165) is 32.1 Å². The fourth-order valence-electron chi connectivity index (χ4n) is 4.31. The van der Waals surface area contributed by atoms with Crippen LogP contribution < -0.4 is 0 Å². The Kier molecular flexibility index (Phi) is 26.3. The Bertz CT molecular complexity index is 327. The number of ketones is 1. The molecule has 0 heterocycles. The van der Waals surface area contributed by atoms with E-state index >= 15 is 0 Å². The zero-order valence-corrected chi connectivity index (χ0v) is 20.7. The summed E-state index contributed by atoms with van der Waals surface area (Å²) in [4.78, 5) is 11.8. The standard InChI is InChI=1S/C28H56O2/c1-2-3-4-22-25-28(30)26-23-20-18-16-14-12-10-8-6-5-7-9-11-13-15-17-19-21-24-27-29/h29H,2-27H2,1H3. The Labute approximate surface area is 190 Å². The average Bonchev–Trinajstić information content (AvgIpc) is 2.75. The maximum atomic E-state index is 11.8. The summed E-state index contributed by atoms with van der Waals surface area (Å²) >= 11 is 0. The van der Waals surface area contributed by atoms with Crippen molar-refractivity contribution in [3.63, 3.8) is 0 Å². The molecular weight excluding hydrogens is 368 g/mol. The number of carbonyl (C=O) groups is 1. The topological polar surface area (TPSA) is 37.3 Å². The zero-order chi connectivity index (χ0) is 22.0. The van der Waals surface area contributed by atoms with Gasteiger partial charge in [-0.05, 0) is 19.3 Å². The number of unbranched alkanes of at least 4 members (excludes halogenated alkanes) is 21. The van der Waals surface area contributed by atoms with E-state index in [2.05, 4.69) is 6.92 Å². The summed E-state index contributed by atoms with van der Waals surface area (Å²) in [5.74, 6) is 0.500. The number of hydrogen-bond donors (Lipinski definition) is 1. The molecule has 0 unspecified atom stereocenters. The van der Waals surface area contributed by atoms with Crippen LogP contribution >= 0.6 is 0 Å². The SMILES string of the molecule is CCCCCCC(=O)CCCCCCCCCCCCCCCCCCCCCO. The Hall–Kier alpha value is -0.370. The first-order chi connectivity index (χ1) is 14.8. The molecule has 180 valence electrons. The minimum atomic E-state index is 0.364. The highest BCUT2D eigenvalue weighted by Gasteiger charge is 2.01. The lowest BCUT2D eigenvalue weighted by Gasteiger charge is -2.04. The van der Waals surface area contributed by atoms with Crippen LogP contribution in [-0.2, 0) is 4.79 Å². The normalized spacial score (nSPS) is 11.3. The van der Waals surface area contributed by atoms with Crippen molar-refractivity contribution in [2.24, 2.45) is 0 Å². The molecule has 0 aliphatic carbocycles. The largest absolute Gasteiger partial charge is 0.396 e. The van der Waals surface area contributed by atoms with Gasteiger partial charge in [0.05, 0.1) is 0 Å². The monoisotopic (exact) mass is 424 g/mol. The highest BCUT2D eigenvalue weighted by Crippen LogP contribution is 2.15. The molecule has 0 rings (SSSR count). The van der Waals surface area contributed by atoms with E-state index in [9.17, 15) is 4.79 Å². The summed E-state index contributed by atoms with van der Waals surface area (Å²) in [6.45, 7) is 2.58. The van der Waals surface area contributed by atoms with Crippen molar-refractivity contribution in [2.75, 3.05) is 6.61 Å². The summed E-state index contributed by atoms with van der Waals surface area (Å²) in [5.41, 5.74) is 0. The van der Waals surface area contributed by atoms with Crippen LogP contribution in [-0.4, -0.2) is 17.5 Å². The lowest BCUT2D eigenvalue weighted by Crippen LogP contribution is -1.97. The molecule has 2 nitrogen and oxygen atoms in total. The van der Waals surface area contributed by atoms with Gasteiger partial charge in [0.15, 0.2) is 0 Å². The van der Waals surface area contributed by atoms with Crippen LogP contribution in [0.5, 0.6) is 0 Å². The third kappa shape index (κ3) is 25.7. The second-order valence-corrected chi connectivity index (χ2v) is 9.54. The second kappa shape index (κ2) is 26.7. The number of aliphatic hydroxyl groups excluding tert-OH is 1. The summed E-state index contributed by atoms with van der Waals surface area (Å²) in [6.07, 6.45) is 32.0. The van der Waals surface area contributed by atoms with Crippen molar-refractivity contribution in [3.05, 3.63) is 0 Å². The summed E-state index contributed by atoms with van der Waals surface area (Å²) in [5, 5.41) is 8.75. The first kappa shape index (κ1) is 29.6. The summed E-state index contributed by atoms with van der Waals surface area (Å²) < 4.78 is 0. The van der Waals surface area contributed by atoms with E-state index < -0.39 is 0 Å². The summed E-state index contributed by atoms with van der Waals surface area (Å²) in [7, 11) is 0. The molecule has 1 N–H and O–H groups in total. The van der Waals surface area contributed by atoms with Crippen molar-refractivity contribution in [1.82, 2.24) is 0 Å². The van der Waals surface area contributed by atoms with Gasteiger partial charge in [-0.25, -0.2) is 0 Å². The van der Waals surface area contributed by atoms with Crippen LogP contribution in [0.1, 0.15) is 167 Å². The van der Waals surface area contributed by atoms with Crippen LogP contribution in [0.15, 0.2) is 0 Å². The molecule has 0 bridgehead atoms. The van der Waals surface area contributed by atoms with E-state index in [4.69, 9.17) is 5.11 Å². The highest BCUT2D eigenvalue weighted by molar-refractivity contribution is 5.78. The lowest BCUT2D eigenvalue weighted by molar-refractivity contribution is -0.119. The smallest absolute Gasteiger partial charge is 0.132 e. The van der Waals surface area contributed by atoms with Crippen LogP contribution in [0.25, 0.3) is 0 Å². The van der Waals surface area contributed by atoms with Crippen LogP contribution in [0.2, 0.25) is 0 Å². The van der Waals surface area contributed by atoms with E-state index in [1.54, 1.807) is 0 Å². The van der Waals surface area contributed by atoms with Crippen molar-refractivity contribution < 1.29 is 9.90 Å². The van der Waals surface area contributed by atoms with E-state index in [0.29, 0.717) is 12.4 Å². The van der Waals surface area contributed by atoms with Gasteiger partial charge in [-0.15, -0.1) is 0 Å². The molecular formula is C28H56O2. The van der Waals surface area contributed by atoms with Gasteiger partial charge in [-0.3, -0.25) is 4.79 Å². The Morgan fingerprint density at radius 2 is 0.700 bits per heavy atom. The fourth-order valence-corrected chi connectivity index (χ4v) is 4.31. The van der Waals surface area contributed by atoms with E-state index in [-0.39, 0.29) is 0 Å². The van der Waals surface area contributed by atoms with Gasteiger partial charge in [0.25, 0.3) is 0 Å². The number of hydrogen-bond acceptors (Lipinski definition) is 2. The molecule has 0 aromatic carbocycles. The quantitative estimate of drug-likeness (QED) is 0.140. The van der Waals surface area contributed by atoms with Gasteiger partial charge in [0.1, 0.15) is 5.78 Å². The Morgan fingerprint density at radius 1 is 0.433 bits per heavy atom. The van der Waals surface area contributed by atoms with Crippen molar-refractivity contribution in [1.29, 1.82) is 0 Å². The minimum Gasteiger partial charge on any atom is -0.396 e. The van der Waals surface area contributed by atoms with Crippen molar-refractivity contribution >= 4 is 5.78 Å². The third-order valence-electron chi connectivity index (χ3n) is 6.42. The van der Waals surface area contributed by atoms with E-state index in [1.165, 1.54) is 128 Å². The van der Waals surface area contributed by atoms with Crippen LogP contribution in [0.3, 0.4) is 0 Å². The number of aliphatic hydroxyl groups is 1. The van der Waals surface area contributed by atoms with Gasteiger partial charge in [0, 0.05) is 19.4 Å². The Morgan fingerprint density at radius 3 is 1.00 bits per heavy atom. The average molecular weight is 425 g/mol. The summed E-state index contributed by atoms with van der Waals surface area (Å²) in [6, 6.07) is 0. The third-order valence-corrected chi connectivity index (χ3v) is 6.42. The van der Waals surface area contributed by atoms with E-state index in [1.807, 2.05) is 0 Å². The lowest BCUT2D eigenvalue weighted by atomic mass is 10.0. The van der Waals surface area contributed by atoms with Gasteiger partial charge >= 0.3 is 0 Å². The molecule has 0 spiro atoms. The minimum absolute atomic E-state index is 0.364. The first-order valence-corrected chi connectivity index (χ1v) is 13.9. The van der Waals surface area contributed by atoms with Crippen LogP contribution in [0, 0.1) is 0 Å². The number of carbonyl (C=O) groups excluding carboxylic acids is 1. The van der Waals surface area contributed by atoms with Crippen molar-refractivity contribution in [3.8, 4) is 0 Å². The molecule has 0 amide bonds. The van der Waals surface area contributed by atoms with Gasteiger partial charge < -0.3 is 5.11 Å². The molecule has 0 aliphatic rings. The Balaban J connectivity index is 3.07. The maximum Gasteiger partial charge on any atom is 0.132 e. The molecule has 0 saturated heterocycles. The van der Waals surface area contributed by atoms with Crippen molar-refractivity contribution in [2.45, 2.75) is 167 Å². The number of Topliss-reactive ketones (excluding diaryl/α,β-unsaturated/α-hetero) is 1. The molecule has 0 aliphatic heterocycles. The molecule has 0 saturated carbocycles. The maximum absolute atomic E-state index is 11.8. The van der Waals surface area contributed by atoms with Crippen LogP contribution in [0.4, 0.5) is 0 Å². The van der Waals surface area contributed by atoms with Gasteiger partial charge in [-0.1, -0.05) is 135 Å². The molecule has 2 heteroatoms. The molecule has 30 heavy (non-hydrogen) atoms.